The zero-order chi connectivity index (χ0) is 23.1. The molecule has 0 radical (unpaired) electrons. The maximum Gasteiger partial charge on any atom is 0.226 e. The van der Waals surface area contributed by atoms with Crippen LogP contribution in [0.2, 0.25) is 0 Å². The molecule has 3 heterocycles. The number of rotatable bonds is 5. The SMILES string of the molecule is O=C1C[C@H](c2ccc(OCc3ccccc3F)cc2)c2cnn(-c3nc4ccccc4s3)c2N1. The fourth-order valence-electron chi connectivity index (χ4n) is 4.19. The van der Waals surface area contributed by atoms with Gasteiger partial charge < -0.3 is 10.1 Å². The van der Waals surface area contributed by atoms with Crippen LogP contribution < -0.4 is 10.1 Å². The van der Waals surface area contributed by atoms with E-state index in [-0.39, 0.29) is 24.2 Å². The number of halogens is 1. The van der Waals surface area contributed by atoms with Crippen molar-refractivity contribution in [1.29, 1.82) is 0 Å². The third kappa shape index (κ3) is 3.72. The molecule has 0 aliphatic carbocycles. The first kappa shape index (κ1) is 20.6. The number of ether oxygens (including phenoxy) is 1. The fourth-order valence-corrected chi connectivity index (χ4v) is 5.12. The topological polar surface area (TPSA) is 69.0 Å². The van der Waals surface area contributed by atoms with Gasteiger partial charge in [0.2, 0.25) is 11.0 Å². The van der Waals surface area contributed by atoms with Gasteiger partial charge in [-0.05, 0) is 35.9 Å². The van der Waals surface area contributed by atoms with Gasteiger partial charge in [0.1, 0.15) is 24.0 Å². The summed E-state index contributed by atoms with van der Waals surface area (Å²) in [6.07, 6.45) is 2.13. The molecule has 6 nitrogen and oxygen atoms in total. The van der Waals surface area contributed by atoms with E-state index < -0.39 is 0 Å². The molecule has 1 aliphatic rings. The molecule has 168 valence electrons. The minimum Gasteiger partial charge on any atom is -0.489 e. The van der Waals surface area contributed by atoms with Crippen LogP contribution in [0.3, 0.4) is 0 Å². The lowest BCUT2D eigenvalue weighted by Crippen LogP contribution is -2.24. The van der Waals surface area contributed by atoms with Crippen LogP contribution in [0.5, 0.6) is 5.75 Å². The van der Waals surface area contributed by atoms with Gasteiger partial charge in [-0.25, -0.2) is 9.37 Å². The third-order valence-electron chi connectivity index (χ3n) is 5.92. The first-order valence-electron chi connectivity index (χ1n) is 10.9. The number of fused-ring (bicyclic) bond motifs is 2. The second-order valence-electron chi connectivity index (χ2n) is 8.08. The molecule has 1 amide bonds. The second-order valence-corrected chi connectivity index (χ2v) is 9.09. The van der Waals surface area contributed by atoms with E-state index >= 15 is 0 Å². The summed E-state index contributed by atoms with van der Waals surface area (Å²) in [5.41, 5.74) is 3.33. The highest BCUT2D eigenvalue weighted by molar-refractivity contribution is 7.20. The van der Waals surface area contributed by atoms with Crippen LogP contribution in [0.25, 0.3) is 15.3 Å². The van der Waals surface area contributed by atoms with Crippen molar-refractivity contribution >= 4 is 33.3 Å². The number of para-hydroxylation sites is 1. The summed E-state index contributed by atoms with van der Waals surface area (Å²) in [6, 6.07) is 22.0. The van der Waals surface area contributed by atoms with Crippen molar-refractivity contribution in [2.24, 2.45) is 0 Å². The highest BCUT2D eigenvalue weighted by Crippen LogP contribution is 2.39. The molecule has 3 aromatic carbocycles. The summed E-state index contributed by atoms with van der Waals surface area (Å²) >= 11 is 1.53. The molecule has 0 saturated carbocycles. The summed E-state index contributed by atoms with van der Waals surface area (Å²) in [6.45, 7) is 0.150. The molecule has 6 rings (SSSR count). The van der Waals surface area contributed by atoms with Crippen molar-refractivity contribution in [1.82, 2.24) is 14.8 Å². The summed E-state index contributed by atoms with van der Waals surface area (Å²) in [7, 11) is 0. The van der Waals surface area contributed by atoms with E-state index in [0.29, 0.717) is 28.7 Å². The van der Waals surface area contributed by atoms with Crippen molar-refractivity contribution in [2.75, 3.05) is 5.32 Å². The van der Waals surface area contributed by atoms with Gasteiger partial charge in [0.05, 0.1) is 16.4 Å². The number of anilines is 1. The first-order chi connectivity index (χ1) is 16.7. The summed E-state index contributed by atoms with van der Waals surface area (Å²) < 4.78 is 22.4. The maximum absolute atomic E-state index is 13.8. The average molecular weight is 471 g/mol. The number of amides is 1. The number of nitrogens with zero attached hydrogens (tertiary/aromatic N) is 3. The van der Waals surface area contributed by atoms with Crippen LogP contribution in [0.1, 0.15) is 29.0 Å². The number of hydrogen-bond acceptors (Lipinski definition) is 5. The van der Waals surface area contributed by atoms with Crippen molar-refractivity contribution in [3.8, 4) is 10.9 Å². The van der Waals surface area contributed by atoms with Crippen molar-refractivity contribution in [3.05, 3.63) is 102 Å². The Balaban J connectivity index is 1.27. The standard InChI is InChI=1S/C26H19FN4O2S/c27-21-6-2-1-5-17(21)15-33-18-11-9-16(10-12-18)19-13-24(32)30-25-20(19)14-28-31(25)26-29-22-7-3-4-8-23(22)34-26/h1-12,14,19H,13,15H2,(H,30,32)/t19-/m1/s1. The summed E-state index contributed by atoms with van der Waals surface area (Å²) in [5.74, 6) is 0.801. The third-order valence-corrected chi connectivity index (χ3v) is 6.93. The molecule has 1 aliphatic heterocycles. The maximum atomic E-state index is 13.8. The van der Waals surface area contributed by atoms with Gasteiger partial charge in [-0.15, -0.1) is 0 Å². The molecular weight excluding hydrogens is 451 g/mol. The lowest BCUT2D eigenvalue weighted by Gasteiger charge is -2.23. The molecule has 2 aromatic heterocycles. The Morgan fingerprint density at radius 1 is 1.06 bits per heavy atom. The van der Waals surface area contributed by atoms with E-state index in [1.165, 1.54) is 17.4 Å². The van der Waals surface area contributed by atoms with Gasteiger partial charge in [0.15, 0.2) is 0 Å². The van der Waals surface area contributed by atoms with E-state index in [9.17, 15) is 9.18 Å². The monoisotopic (exact) mass is 470 g/mol. The number of hydrogen-bond donors (Lipinski definition) is 1. The lowest BCUT2D eigenvalue weighted by atomic mass is 9.87. The number of thiazole rings is 1. The fraction of sp³-hybridized carbons (Fsp3) is 0.115. The number of carbonyl (C=O) groups is 1. The van der Waals surface area contributed by atoms with E-state index in [0.717, 1.165) is 21.3 Å². The molecule has 0 spiro atoms. The highest BCUT2D eigenvalue weighted by atomic mass is 32.1. The molecule has 5 aromatic rings. The minimum absolute atomic E-state index is 0.0692. The Kier molecular flexibility index (Phi) is 5.07. The van der Waals surface area contributed by atoms with Gasteiger partial charge in [-0.1, -0.05) is 53.8 Å². The van der Waals surface area contributed by atoms with E-state index in [1.54, 1.807) is 29.1 Å². The highest BCUT2D eigenvalue weighted by Gasteiger charge is 2.31. The average Bonchev–Trinajstić information content (AvgIpc) is 3.47. The predicted octanol–water partition coefficient (Wildman–Crippen LogP) is 5.67. The molecule has 8 heteroatoms. The number of benzene rings is 3. The first-order valence-corrected chi connectivity index (χ1v) is 11.7. The van der Waals surface area contributed by atoms with E-state index in [4.69, 9.17) is 4.74 Å². The van der Waals surface area contributed by atoms with Crippen LogP contribution in [0, 0.1) is 5.82 Å². The van der Waals surface area contributed by atoms with Crippen LogP contribution in [-0.2, 0) is 11.4 Å². The number of nitrogens with one attached hydrogen (secondary N) is 1. The van der Waals surface area contributed by atoms with Crippen LogP contribution in [-0.4, -0.2) is 20.7 Å². The molecule has 0 saturated heterocycles. The zero-order valence-electron chi connectivity index (χ0n) is 17.9. The van der Waals surface area contributed by atoms with Gasteiger partial charge >= 0.3 is 0 Å². The number of aromatic nitrogens is 3. The molecule has 34 heavy (non-hydrogen) atoms. The Bertz CT molecular complexity index is 1480. The second kappa shape index (κ2) is 8.39. The molecule has 0 bridgehead atoms. The summed E-state index contributed by atoms with van der Waals surface area (Å²) in [4.78, 5) is 17.3. The molecule has 0 unspecified atom stereocenters. The Hall–Kier alpha value is -4.04. The molecule has 0 fully saturated rings. The summed E-state index contributed by atoms with van der Waals surface area (Å²) in [5, 5.41) is 8.23. The number of carbonyl (C=O) groups excluding carboxylic acids is 1. The van der Waals surface area contributed by atoms with Gasteiger partial charge in [-0.3, -0.25) is 4.79 Å². The smallest absolute Gasteiger partial charge is 0.226 e. The van der Waals surface area contributed by atoms with Crippen molar-refractivity contribution in [3.63, 3.8) is 0 Å². The van der Waals surface area contributed by atoms with Gasteiger partial charge in [0.25, 0.3) is 0 Å². The van der Waals surface area contributed by atoms with E-state index in [1.807, 2.05) is 48.5 Å². The lowest BCUT2D eigenvalue weighted by molar-refractivity contribution is -0.116. The van der Waals surface area contributed by atoms with Crippen LogP contribution >= 0.6 is 11.3 Å². The normalized spacial score (nSPS) is 15.2. The van der Waals surface area contributed by atoms with Crippen molar-refractivity contribution < 1.29 is 13.9 Å². The van der Waals surface area contributed by atoms with Crippen LogP contribution in [0.4, 0.5) is 10.2 Å². The van der Waals surface area contributed by atoms with Gasteiger partial charge in [-0.2, -0.15) is 9.78 Å². The Labute approximate surface area is 198 Å². The molecular formula is C26H19FN4O2S. The largest absolute Gasteiger partial charge is 0.489 e. The van der Waals surface area contributed by atoms with E-state index in [2.05, 4.69) is 15.4 Å². The molecule has 1 N–H and O–H groups in total. The van der Waals surface area contributed by atoms with Crippen molar-refractivity contribution in [2.45, 2.75) is 18.9 Å². The minimum atomic E-state index is -0.287. The zero-order valence-corrected chi connectivity index (χ0v) is 18.8. The van der Waals surface area contributed by atoms with Crippen LogP contribution in [0.15, 0.2) is 79.0 Å². The Morgan fingerprint density at radius 2 is 1.85 bits per heavy atom. The molecule has 1 atom stereocenters. The Morgan fingerprint density at radius 3 is 2.68 bits per heavy atom. The van der Waals surface area contributed by atoms with Gasteiger partial charge in [0, 0.05) is 23.5 Å². The predicted molar refractivity (Wildman–Crippen MR) is 129 cm³/mol. The quantitative estimate of drug-likeness (QED) is 0.359.